The van der Waals surface area contributed by atoms with Crippen LogP contribution < -0.4 is 10.1 Å². The normalized spacial score (nSPS) is 10.6. The fourth-order valence-corrected chi connectivity index (χ4v) is 3.81. The van der Waals surface area contributed by atoms with Crippen LogP contribution in [0.1, 0.15) is 28.7 Å². The van der Waals surface area contributed by atoms with Crippen LogP contribution in [0.3, 0.4) is 0 Å². The number of hydrogen-bond donors (Lipinski definition) is 1. The van der Waals surface area contributed by atoms with Crippen molar-refractivity contribution in [2.24, 2.45) is 0 Å². The Labute approximate surface area is 195 Å². The number of methoxy groups -OCH3 is 1. The molecule has 168 valence electrons. The smallest absolute Gasteiger partial charge is 0.337 e. The van der Waals surface area contributed by atoms with Crippen molar-refractivity contribution >= 4 is 40.9 Å². The molecule has 0 aliphatic rings. The molecule has 8 nitrogen and oxygen atoms in total. The standard InChI is InChI=1S/C22H23ClN4O4S/c1-4-27-19(12-31-17-8-9-18(23)14(2)10-17)25-26-22(27)32-13-20(28)24-16-7-5-6-15(11-16)21(29)30-3/h5-11H,4,12-13H2,1-3H3,(H,24,28). The number of carbonyl (C=O) groups is 2. The Morgan fingerprint density at radius 3 is 2.72 bits per heavy atom. The van der Waals surface area contributed by atoms with Gasteiger partial charge < -0.3 is 19.4 Å². The Bertz CT molecular complexity index is 1120. The summed E-state index contributed by atoms with van der Waals surface area (Å²) in [6.07, 6.45) is 0. The van der Waals surface area contributed by atoms with Crippen LogP contribution in [0.2, 0.25) is 5.02 Å². The molecule has 3 aromatic rings. The van der Waals surface area contributed by atoms with E-state index in [0.29, 0.717) is 39.5 Å². The summed E-state index contributed by atoms with van der Waals surface area (Å²) in [4.78, 5) is 24.0. The third-order valence-electron chi connectivity index (χ3n) is 4.51. The highest BCUT2D eigenvalue weighted by molar-refractivity contribution is 7.99. The van der Waals surface area contributed by atoms with Gasteiger partial charge in [0.1, 0.15) is 12.4 Å². The molecule has 0 radical (unpaired) electrons. The van der Waals surface area contributed by atoms with E-state index in [1.807, 2.05) is 24.5 Å². The van der Waals surface area contributed by atoms with Crippen molar-refractivity contribution < 1.29 is 19.1 Å². The molecule has 1 amide bonds. The third-order valence-corrected chi connectivity index (χ3v) is 5.90. The first-order chi connectivity index (χ1) is 15.4. The topological polar surface area (TPSA) is 95.3 Å². The van der Waals surface area contributed by atoms with Crippen molar-refractivity contribution in [2.45, 2.75) is 32.2 Å². The van der Waals surface area contributed by atoms with Crippen molar-refractivity contribution in [3.63, 3.8) is 0 Å². The number of amides is 1. The zero-order chi connectivity index (χ0) is 23.1. The van der Waals surface area contributed by atoms with Crippen LogP contribution in [-0.2, 0) is 22.7 Å². The SMILES string of the molecule is CCn1c(COc2ccc(Cl)c(C)c2)nnc1SCC(=O)Nc1cccc(C(=O)OC)c1. The van der Waals surface area contributed by atoms with Crippen molar-refractivity contribution in [1.29, 1.82) is 0 Å². The fourth-order valence-electron chi connectivity index (χ4n) is 2.87. The molecule has 1 aromatic heterocycles. The maximum atomic E-state index is 12.4. The molecule has 3 rings (SSSR count). The van der Waals surface area contributed by atoms with Gasteiger partial charge in [-0.25, -0.2) is 4.79 Å². The number of benzene rings is 2. The number of hydrogen-bond acceptors (Lipinski definition) is 7. The van der Waals surface area contributed by atoms with Crippen LogP contribution in [-0.4, -0.2) is 39.5 Å². The second-order valence-electron chi connectivity index (χ2n) is 6.75. The van der Waals surface area contributed by atoms with Gasteiger partial charge in [-0.3, -0.25) is 4.79 Å². The summed E-state index contributed by atoms with van der Waals surface area (Å²) >= 11 is 7.32. The maximum absolute atomic E-state index is 12.4. The number of ether oxygens (including phenoxy) is 2. The number of aromatic nitrogens is 3. The predicted molar refractivity (Wildman–Crippen MR) is 123 cm³/mol. The van der Waals surface area contributed by atoms with Gasteiger partial charge in [-0.15, -0.1) is 10.2 Å². The lowest BCUT2D eigenvalue weighted by Gasteiger charge is -2.10. The highest BCUT2D eigenvalue weighted by Crippen LogP contribution is 2.23. The minimum absolute atomic E-state index is 0.137. The number of nitrogens with one attached hydrogen (secondary N) is 1. The number of aryl methyl sites for hydroxylation is 1. The van der Waals surface area contributed by atoms with Crippen LogP contribution in [0, 0.1) is 6.92 Å². The Morgan fingerprint density at radius 1 is 1.19 bits per heavy atom. The van der Waals surface area contributed by atoms with E-state index < -0.39 is 5.97 Å². The molecule has 2 aromatic carbocycles. The number of esters is 1. The largest absolute Gasteiger partial charge is 0.486 e. The highest BCUT2D eigenvalue weighted by atomic mass is 35.5. The number of thioether (sulfide) groups is 1. The first-order valence-corrected chi connectivity index (χ1v) is 11.2. The molecule has 0 aliphatic carbocycles. The predicted octanol–water partition coefficient (Wildman–Crippen LogP) is 4.36. The quantitative estimate of drug-likeness (QED) is 0.363. The summed E-state index contributed by atoms with van der Waals surface area (Å²) in [5, 5.41) is 12.5. The average Bonchev–Trinajstić information content (AvgIpc) is 3.19. The van der Waals surface area contributed by atoms with Crippen LogP contribution >= 0.6 is 23.4 Å². The van der Waals surface area contributed by atoms with Crippen molar-refractivity contribution in [3.05, 3.63) is 64.4 Å². The van der Waals surface area contributed by atoms with E-state index in [0.717, 1.165) is 5.56 Å². The van der Waals surface area contributed by atoms with Crippen molar-refractivity contribution in [1.82, 2.24) is 14.8 Å². The maximum Gasteiger partial charge on any atom is 0.337 e. The van der Waals surface area contributed by atoms with Crippen LogP contribution in [0.15, 0.2) is 47.6 Å². The molecule has 1 heterocycles. The summed E-state index contributed by atoms with van der Waals surface area (Å²) in [5.74, 6) is 0.805. The van der Waals surface area contributed by atoms with E-state index in [-0.39, 0.29) is 18.3 Å². The van der Waals surface area contributed by atoms with Gasteiger partial charge in [0.2, 0.25) is 5.91 Å². The number of rotatable bonds is 9. The zero-order valence-electron chi connectivity index (χ0n) is 17.9. The van der Waals surface area contributed by atoms with Gasteiger partial charge in [-0.2, -0.15) is 0 Å². The second-order valence-corrected chi connectivity index (χ2v) is 8.10. The van der Waals surface area contributed by atoms with E-state index in [2.05, 4.69) is 15.5 Å². The van der Waals surface area contributed by atoms with E-state index in [1.165, 1.54) is 18.9 Å². The number of carbonyl (C=O) groups excluding carboxylic acids is 2. The molecule has 0 spiro atoms. The number of halogens is 1. The Hall–Kier alpha value is -3.04. The summed E-state index contributed by atoms with van der Waals surface area (Å²) < 4.78 is 12.4. The Kier molecular flexibility index (Phi) is 8.13. The van der Waals surface area contributed by atoms with Gasteiger partial charge >= 0.3 is 5.97 Å². The van der Waals surface area contributed by atoms with Gasteiger partial charge in [0.25, 0.3) is 0 Å². The van der Waals surface area contributed by atoms with Gasteiger partial charge in [0.05, 0.1) is 18.4 Å². The summed E-state index contributed by atoms with van der Waals surface area (Å²) in [6.45, 7) is 4.77. The molecule has 0 aliphatic heterocycles. The molecule has 0 saturated heterocycles. The van der Waals surface area contributed by atoms with Crippen LogP contribution in [0.4, 0.5) is 5.69 Å². The minimum atomic E-state index is -0.463. The monoisotopic (exact) mass is 474 g/mol. The first kappa shape index (κ1) is 23.6. The molecule has 0 fully saturated rings. The molecular weight excluding hydrogens is 452 g/mol. The minimum Gasteiger partial charge on any atom is -0.486 e. The molecule has 32 heavy (non-hydrogen) atoms. The molecule has 0 bridgehead atoms. The van der Waals surface area contributed by atoms with E-state index in [4.69, 9.17) is 21.1 Å². The van der Waals surface area contributed by atoms with Gasteiger partial charge in [0, 0.05) is 17.3 Å². The Morgan fingerprint density at radius 2 is 2.00 bits per heavy atom. The lowest BCUT2D eigenvalue weighted by atomic mass is 10.2. The molecular formula is C22H23ClN4O4S. The first-order valence-electron chi connectivity index (χ1n) is 9.83. The van der Waals surface area contributed by atoms with Crippen LogP contribution in [0.5, 0.6) is 5.75 Å². The molecule has 0 atom stereocenters. The average molecular weight is 475 g/mol. The molecule has 10 heteroatoms. The molecule has 1 N–H and O–H groups in total. The lowest BCUT2D eigenvalue weighted by molar-refractivity contribution is -0.113. The van der Waals surface area contributed by atoms with Crippen LogP contribution in [0.25, 0.3) is 0 Å². The summed E-state index contributed by atoms with van der Waals surface area (Å²) in [7, 11) is 1.31. The number of anilines is 1. The Balaban J connectivity index is 1.58. The van der Waals surface area contributed by atoms with Crippen molar-refractivity contribution in [3.8, 4) is 5.75 Å². The summed E-state index contributed by atoms with van der Waals surface area (Å²) in [5.41, 5.74) is 1.81. The third kappa shape index (κ3) is 6.02. The van der Waals surface area contributed by atoms with E-state index >= 15 is 0 Å². The van der Waals surface area contributed by atoms with Gasteiger partial charge in [-0.05, 0) is 55.8 Å². The van der Waals surface area contributed by atoms with Gasteiger partial charge in [-0.1, -0.05) is 29.4 Å². The summed E-state index contributed by atoms with van der Waals surface area (Å²) in [6, 6.07) is 12.0. The lowest BCUT2D eigenvalue weighted by Crippen LogP contribution is -2.15. The molecule has 0 unspecified atom stereocenters. The second kappa shape index (κ2) is 11.0. The van der Waals surface area contributed by atoms with E-state index in [9.17, 15) is 9.59 Å². The molecule has 0 saturated carbocycles. The van der Waals surface area contributed by atoms with Crippen molar-refractivity contribution in [2.75, 3.05) is 18.2 Å². The number of nitrogens with zero attached hydrogens (tertiary/aromatic N) is 3. The van der Waals surface area contributed by atoms with E-state index in [1.54, 1.807) is 36.4 Å². The fraction of sp³-hybridized carbons (Fsp3) is 0.273. The van der Waals surface area contributed by atoms with Gasteiger partial charge in [0.15, 0.2) is 11.0 Å². The zero-order valence-corrected chi connectivity index (χ0v) is 19.5. The highest BCUT2D eigenvalue weighted by Gasteiger charge is 2.14.